The molecule has 2 heterocycles. The van der Waals surface area contributed by atoms with Crippen molar-refractivity contribution in [1.29, 1.82) is 0 Å². The number of benzene rings is 7. The topological polar surface area (TPSA) is 49.6 Å². The van der Waals surface area contributed by atoms with Crippen LogP contribution in [-0.4, -0.2) is 16.7 Å². The maximum atomic E-state index is 5.19. The van der Waals surface area contributed by atoms with E-state index in [0.717, 1.165) is 44.9 Å². The highest BCUT2D eigenvalue weighted by Crippen LogP contribution is 2.37. The Morgan fingerprint density at radius 2 is 1.10 bits per heavy atom. The van der Waals surface area contributed by atoms with Crippen LogP contribution < -0.4 is 5.32 Å². The van der Waals surface area contributed by atoms with Gasteiger partial charge in [-0.2, -0.15) is 0 Å². The lowest BCUT2D eigenvalue weighted by atomic mass is 9.94. The highest BCUT2D eigenvalue weighted by molar-refractivity contribution is 6.14. The van der Waals surface area contributed by atoms with Gasteiger partial charge in [-0.05, 0) is 56.8 Å². The zero-order chi connectivity index (χ0) is 33.3. The number of hydrogen-bond donors (Lipinski definition) is 1. The number of aliphatic imine (C=N–C) groups is 2. The zero-order valence-electron chi connectivity index (χ0n) is 27.2. The minimum absolute atomic E-state index is 0.300. The van der Waals surface area contributed by atoms with Gasteiger partial charge >= 0.3 is 0 Å². The molecule has 0 bridgehead atoms. The summed E-state index contributed by atoms with van der Waals surface area (Å²) in [6, 6.07) is 63.4. The van der Waals surface area contributed by atoms with Gasteiger partial charge in [0.2, 0.25) is 0 Å². The quantitative estimate of drug-likeness (QED) is 0.184. The third-order valence-electron chi connectivity index (χ3n) is 9.32. The largest absolute Gasteiger partial charge is 0.344 e. The molecule has 0 radical (unpaired) electrons. The van der Waals surface area contributed by atoms with Crippen LogP contribution in [-0.2, 0) is 0 Å². The van der Waals surface area contributed by atoms with Crippen molar-refractivity contribution in [3.8, 4) is 33.5 Å². The summed E-state index contributed by atoms with van der Waals surface area (Å²) in [7, 11) is 0. The van der Waals surface area contributed by atoms with E-state index in [2.05, 4.69) is 163 Å². The van der Waals surface area contributed by atoms with E-state index in [0.29, 0.717) is 5.84 Å². The van der Waals surface area contributed by atoms with Crippen LogP contribution in [0.4, 0.5) is 0 Å². The average molecular weight is 641 g/mol. The minimum atomic E-state index is -0.300. The summed E-state index contributed by atoms with van der Waals surface area (Å²) in [5.74, 6) is 1.48. The molecular formula is C46H32N4. The lowest BCUT2D eigenvalue weighted by Gasteiger charge is -2.24. The summed E-state index contributed by atoms with van der Waals surface area (Å²) >= 11 is 0. The first-order valence-corrected chi connectivity index (χ1v) is 16.9. The maximum Gasteiger partial charge on any atom is 0.159 e. The smallest absolute Gasteiger partial charge is 0.159 e. The first-order chi connectivity index (χ1) is 24.8. The predicted octanol–water partition coefficient (Wildman–Crippen LogP) is 10.9. The second kappa shape index (κ2) is 12.8. The highest BCUT2D eigenvalue weighted by Gasteiger charge is 2.22. The van der Waals surface area contributed by atoms with Crippen LogP contribution in [0.2, 0.25) is 0 Å². The summed E-state index contributed by atoms with van der Waals surface area (Å²) in [6.45, 7) is 0. The number of nitrogens with one attached hydrogen (secondary N) is 1. The van der Waals surface area contributed by atoms with Crippen LogP contribution in [0.5, 0.6) is 0 Å². The number of fused-ring (bicyclic) bond motifs is 3. The predicted molar refractivity (Wildman–Crippen MR) is 207 cm³/mol. The fourth-order valence-corrected chi connectivity index (χ4v) is 6.80. The van der Waals surface area contributed by atoms with Gasteiger partial charge in [0.05, 0.1) is 11.2 Å². The molecule has 8 aromatic rings. The lowest BCUT2D eigenvalue weighted by molar-refractivity contribution is 0.674. The minimum Gasteiger partial charge on any atom is -0.344 e. The second-order valence-corrected chi connectivity index (χ2v) is 12.5. The molecule has 0 amide bonds. The SMILES string of the molecule is c1ccc(C2=NC(c3ccc(-c4cc(-c5ccccc5)c5c(ccc6ccccc65)n4)cc3)=NC(c3cccc(-c4ccccc4)c3)N2)cc1. The Kier molecular flexibility index (Phi) is 7.52. The maximum absolute atomic E-state index is 5.19. The molecule has 0 aliphatic carbocycles. The lowest BCUT2D eigenvalue weighted by Crippen LogP contribution is -2.33. The number of hydrogen-bond acceptors (Lipinski definition) is 4. The molecule has 0 saturated carbocycles. The van der Waals surface area contributed by atoms with Gasteiger partial charge in [0.1, 0.15) is 12.0 Å². The molecule has 0 fully saturated rings. The first kappa shape index (κ1) is 29.5. The van der Waals surface area contributed by atoms with E-state index in [-0.39, 0.29) is 6.17 Å². The van der Waals surface area contributed by atoms with E-state index in [1.54, 1.807) is 0 Å². The Hall–Kier alpha value is -6.65. The van der Waals surface area contributed by atoms with E-state index < -0.39 is 0 Å². The van der Waals surface area contributed by atoms with E-state index in [9.17, 15) is 0 Å². The molecule has 1 aliphatic rings. The third-order valence-corrected chi connectivity index (χ3v) is 9.32. The van der Waals surface area contributed by atoms with Crippen molar-refractivity contribution in [2.75, 3.05) is 0 Å². The fourth-order valence-electron chi connectivity index (χ4n) is 6.80. The van der Waals surface area contributed by atoms with E-state index in [1.807, 2.05) is 24.3 Å². The van der Waals surface area contributed by atoms with Crippen molar-refractivity contribution >= 4 is 33.3 Å². The van der Waals surface area contributed by atoms with Crippen molar-refractivity contribution in [2.24, 2.45) is 9.98 Å². The Labute approximate surface area is 291 Å². The molecule has 9 rings (SSSR count). The normalized spacial score (nSPS) is 14.2. The molecule has 1 aromatic heterocycles. The zero-order valence-corrected chi connectivity index (χ0v) is 27.2. The van der Waals surface area contributed by atoms with Crippen LogP contribution >= 0.6 is 0 Å². The Morgan fingerprint density at radius 3 is 1.86 bits per heavy atom. The summed E-state index contributed by atoms with van der Waals surface area (Å²) in [5, 5.41) is 7.19. The molecular weight excluding hydrogens is 609 g/mol. The van der Waals surface area contributed by atoms with Gasteiger partial charge in [-0.1, -0.05) is 164 Å². The molecule has 1 aliphatic heterocycles. The van der Waals surface area contributed by atoms with Crippen molar-refractivity contribution in [1.82, 2.24) is 10.3 Å². The van der Waals surface area contributed by atoms with Crippen molar-refractivity contribution in [3.63, 3.8) is 0 Å². The van der Waals surface area contributed by atoms with Crippen LogP contribution in [0, 0.1) is 0 Å². The second-order valence-electron chi connectivity index (χ2n) is 12.5. The number of nitrogens with zero attached hydrogens (tertiary/aromatic N) is 3. The molecule has 0 spiro atoms. The summed E-state index contributed by atoms with van der Waals surface area (Å²) < 4.78 is 0. The molecule has 1 unspecified atom stereocenters. The van der Waals surface area contributed by atoms with Crippen LogP contribution in [0.3, 0.4) is 0 Å². The molecule has 4 heteroatoms. The van der Waals surface area contributed by atoms with Gasteiger partial charge in [-0.3, -0.25) is 0 Å². The van der Waals surface area contributed by atoms with Gasteiger partial charge in [0.15, 0.2) is 5.84 Å². The van der Waals surface area contributed by atoms with E-state index in [1.165, 1.54) is 32.8 Å². The van der Waals surface area contributed by atoms with Gasteiger partial charge in [0, 0.05) is 22.1 Å². The Bertz CT molecular complexity index is 2540. The summed E-state index contributed by atoms with van der Waals surface area (Å²) in [5.41, 5.74) is 10.6. The summed E-state index contributed by atoms with van der Waals surface area (Å²) in [6.07, 6.45) is -0.300. The number of amidine groups is 2. The Morgan fingerprint density at radius 1 is 0.460 bits per heavy atom. The van der Waals surface area contributed by atoms with Crippen LogP contribution in [0.15, 0.2) is 192 Å². The van der Waals surface area contributed by atoms with Crippen LogP contribution in [0.25, 0.3) is 55.2 Å². The van der Waals surface area contributed by atoms with Crippen molar-refractivity contribution < 1.29 is 0 Å². The monoisotopic (exact) mass is 640 g/mol. The fraction of sp³-hybridized carbons (Fsp3) is 0.0217. The highest BCUT2D eigenvalue weighted by atomic mass is 15.2. The molecule has 236 valence electrons. The van der Waals surface area contributed by atoms with Crippen LogP contribution in [0.1, 0.15) is 22.9 Å². The van der Waals surface area contributed by atoms with Gasteiger partial charge in [-0.25, -0.2) is 15.0 Å². The standard InChI is InChI=1S/C46H32N4/c1-4-13-31(14-5-1)37-20-12-21-38(29-37)46-49-44(35-18-8-3-9-19-35)48-45(50-46)36-25-23-34(24-26-36)42-30-40(32-15-6-2-7-16-32)43-39-22-11-10-17-33(39)27-28-41(43)47-42/h1-30,46H,(H,48,49,50). The number of pyridine rings is 1. The summed E-state index contributed by atoms with van der Waals surface area (Å²) in [4.78, 5) is 15.4. The molecule has 1 N–H and O–H groups in total. The van der Waals surface area contributed by atoms with Crippen molar-refractivity contribution in [3.05, 3.63) is 199 Å². The average Bonchev–Trinajstić information content (AvgIpc) is 3.21. The van der Waals surface area contributed by atoms with Gasteiger partial charge < -0.3 is 5.32 Å². The molecule has 0 saturated heterocycles. The molecule has 4 nitrogen and oxygen atoms in total. The number of rotatable bonds is 6. The van der Waals surface area contributed by atoms with E-state index >= 15 is 0 Å². The Balaban J connectivity index is 1.12. The molecule has 1 atom stereocenters. The molecule has 50 heavy (non-hydrogen) atoms. The third kappa shape index (κ3) is 5.63. The molecule has 7 aromatic carbocycles. The van der Waals surface area contributed by atoms with Gasteiger partial charge in [0.25, 0.3) is 0 Å². The van der Waals surface area contributed by atoms with Crippen molar-refractivity contribution in [2.45, 2.75) is 6.17 Å². The van der Waals surface area contributed by atoms with Gasteiger partial charge in [-0.15, -0.1) is 0 Å². The number of aromatic nitrogens is 1. The first-order valence-electron chi connectivity index (χ1n) is 16.9. The van der Waals surface area contributed by atoms with E-state index in [4.69, 9.17) is 15.0 Å².